The van der Waals surface area contributed by atoms with E-state index in [1.165, 1.54) is 0 Å². The highest BCUT2D eigenvalue weighted by atomic mass is 16.5. The van der Waals surface area contributed by atoms with Gasteiger partial charge in [0.05, 0.1) is 18.2 Å². The first-order valence-electron chi connectivity index (χ1n) is 7.74. The minimum atomic E-state index is 0.0202. The molecule has 0 saturated heterocycles. The fourth-order valence-electron chi connectivity index (χ4n) is 3.26. The Morgan fingerprint density at radius 1 is 1.36 bits per heavy atom. The number of nitrogen functional groups attached to an aromatic ring is 1. The molecule has 0 spiro atoms. The highest BCUT2D eigenvalue weighted by Crippen LogP contribution is 2.37. The van der Waals surface area contributed by atoms with Gasteiger partial charge in [-0.2, -0.15) is 0 Å². The molecule has 0 fully saturated rings. The quantitative estimate of drug-likeness (QED) is 0.786. The van der Waals surface area contributed by atoms with E-state index >= 15 is 0 Å². The summed E-state index contributed by atoms with van der Waals surface area (Å²) < 4.78 is 8.22. The number of fused-ring (bicyclic) bond motifs is 5. The van der Waals surface area contributed by atoms with Crippen LogP contribution in [0.5, 0.6) is 0 Å². The van der Waals surface area contributed by atoms with Crippen molar-refractivity contribution in [3.63, 3.8) is 0 Å². The first-order valence-corrected chi connectivity index (χ1v) is 7.74. The number of anilines is 1. The lowest BCUT2D eigenvalue weighted by molar-refractivity contribution is -0.00311. The maximum Gasteiger partial charge on any atom is 0.152 e. The van der Waals surface area contributed by atoms with E-state index in [1.807, 2.05) is 12.1 Å². The summed E-state index contributed by atoms with van der Waals surface area (Å²) in [6, 6.07) is 4.02. The van der Waals surface area contributed by atoms with Gasteiger partial charge in [0, 0.05) is 6.20 Å². The summed E-state index contributed by atoms with van der Waals surface area (Å²) in [5.74, 6) is 1.40. The van der Waals surface area contributed by atoms with E-state index in [-0.39, 0.29) is 12.1 Å². The average Bonchev–Trinajstić information content (AvgIpc) is 2.93. The highest BCUT2D eigenvalue weighted by molar-refractivity contribution is 6.04. The van der Waals surface area contributed by atoms with Gasteiger partial charge in [-0.15, -0.1) is 0 Å². The molecule has 6 heteroatoms. The Labute approximate surface area is 128 Å². The number of ether oxygens (including phenoxy) is 1. The number of imidazole rings is 1. The fourth-order valence-corrected chi connectivity index (χ4v) is 3.26. The van der Waals surface area contributed by atoms with E-state index in [2.05, 4.69) is 28.4 Å². The van der Waals surface area contributed by atoms with Crippen molar-refractivity contribution >= 4 is 27.9 Å². The van der Waals surface area contributed by atoms with Crippen molar-refractivity contribution in [3.8, 4) is 0 Å². The average molecular weight is 297 g/mol. The number of aromatic nitrogens is 4. The van der Waals surface area contributed by atoms with E-state index in [0.717, 1.165) is 40.7 Å². The van der Waals surface area contributed by atoms with Gasteiger partial charge in [0.2, 0.25) is 0 Å². The molecule has 1 aliphatic heterocycles. The molecule has 114 valence electrons. The molecule has 2 atom stereocenters. The van der Waals surface area contributed by atoms with Crippen molar-refractivity contribution < 1.29 is 4.74 Å². The summed E-state index contributed by atoms with van der Waals surface area (Å²) in [5, 5.41) is 0. The molecule has 1 aliphatic rings. The van der Waals surface area contributed by atoms with Crippen molar-refractivity contribution in [1.82, 2.24) is 19.5 Å². The van der Waals surface area contributed by atoms with Crippen LogP contribution in [0.25, 0.3) is 22.1 Å². The maximum absolute atomic E-state index is 6.14. The third kappa shape index (κ3) is 1.80. The lowest BCUT2D eigenvalue weighted by Gasteiger charge is -2.29. The number of nitrogens with zero attached hydrogens (tertiary/aromatic N) is 4. The van der Waals surface area contributed by atoms with Gasteiger partial charge in [-0.05, 0) is 25.5 Å². The van der Waals surface area contributed by atoms with Crippen LogP contribution in [0.2, 0.25) is 0 Å². The van der Waals surface area contributed by atoms with Gasteiger partial charge in [-0.25, -0.2) is 9.97 Å². The van der Waals surface area contributed by atoms with Crippen LogP contribution in [0.3, 0.4) is 0 Å². The summed E-state index contributed by atoms with van der Waals surface area (Å²) in [5.41, 5.74) is 9.52. The first-order chi connectivity index (χ1) is 10.7. The second-order valence-corrected chi connectivity index (χ2v) is 5.87. The molecule has 0 saturated carbocycles. The van der Waals surface area contributed by atoms with Gasteiger partial charge in [0.15, 0.2) is 5.82 Å². The Balaban J connectivity index is 2.10. The van der Waals surface area contributed by atoms with Gasteiger partial charge < -0.3 is 15.0 Å². The Morgan fingerprint density at radius 3 is 3.05 bits per heavy atom. The highest BCUT2D eigenvalue weighted by Gasteiger charge is 2.30. The fraction of sp³-hybridized carbons (Fsp3) is 0.438. The molecular weight excluding hydrogens is 278 g/mol. The molecule has 4 rings (SSSR count). The molecule has 1 unspecified atom stereocenters. The largest absolute Gasteiger partial charge is 0.382 e. The standard InChI is InChI=1S/C16H19N5O/c1-3-5-11-16-20-13-14(21(16)9(2)8-22-11)12-10(19-15(13)17)6-4-7-18-12/h4,6-7,9,11H,3,5,8H2,1-2H3,(H2,17,19)/t9-,11?/m0/s1. The second kappa shape index (κ2) is 4.91. The predicted molar refractivity (Wildman–Crippen MR) is 85.6 cm³/mol. The lowest BCUT2D eigenvalue weighted by atomic mass is 10.1. The minimum absolute atomic E-state index is 0.0202. The molecule has 0 aliphatic carbocycles. The predicted octanol–water partition coefficient (Wildman–Crippen LogP) is 2.99. The van der Waals surface area contributed by atoms with Crippen LogP contribution in [-0.2, 0) is 4.74 Å². The molecule has 3 aromatic heterocycles. The number of hydrogen-bond donors (Lipinski definition) is 1. The summed E-state index contributed by atoms with van der Waals surface area (Å²) >= 11 is 0. The van der Waals surface area contributed by atoms with E-state index in [1.54, 1.807) is 6.20 Å². The molecular formula is C16H19N5O. The number of hydrogen-bond acceptors (Lipinski definition) is 5. The third-order valence-electron chi connectivity index (χ3n) is 4.25. The lowest BCUT2D eigenvalue weighted by Crippen LogP contribution is -2.25. The first kappa shape index (κ1) is 13.5. The molecule has 0 aromatic carbocycles. The van der Waals surface area contributed by atoms with E-state index in [4.69, 9.17) is 15.5 Å². The van der Waals surface area contributed by atoms with E-state index < -0.39 is 0 Å². The van der Waals surface area contributed by atoms with Gasteiger partial charge in [-0.1, -0.05) is 13.3 Å². The second-order valence-electron chi connectivity index (χ2n) is 5.87. The van der Waals surface area contributed by atoms with Crippen LogP contribution in [0, 0.1) is 0 Å². The topological polar surface area (TPSA) is 78.9 Å². The van der Waals surface area contributed by atoms with E-state index in [9.17, 15) is 0 Å². The van der Waals surface area contributed by atoms with Crippen molar-refractivity contribution in [2.45, 2.75) is 38.8 Å². The Kier molecular flexibility index (Phi) is 3.00. The van der Waals surface area contributed by atoms with Crippen molar-refractivity contribution in [2.24, 2.45) is 0 Å². The number of nitrogens with two attached hydrogens (primary N) is 1. The van der Waals surface area contributed by atoms with Crippen molar-refractivity contribution in [3.05, 3.63) is 24.2 Å². The Hall–Kier alpha value is -2.21. The molecule has 3 aromatic rings. The monoisotopic (exact) mass is 297 g/mol. The molecule has 22 heavy (non-hydrogen) atoms. The molecule has 4 heterocycles. The zero-order valence-electron chi connectivity index (χ0n) is 12.8. The van der Waals surface area contributed by atoms with Crippen LogP contribution in [0.4, 0.5) is 5.82 Å². The van der Waals surface area contributed by atoms with Gasteiger partial charge in [-0.3, -0.25) is 4.98 Å². The van der Waals surface area contributed by atoms with Crippen molar-refractivity contribution in [1.29, 1.82) is 0 Å². The normalized spacial score (nSPS) is 21.4. The van der Waals surface area contributed by atoms with Crippen LogP contribution in [0.15, 0.2) is 18.3 Å². The molecule has 6 nitrogen and oxygen atoms in total. The third-order valence-corrected chi connectivity index (χ3v) is 4.25. The van der Waals surface area contributed by atoms with Gasteiger partial charge in [0.1, 0.15) is 28.5 Å². The smallest absolute Gasteiger partial charge is 0.152 e. The summed E-state index contributed by atoms with van der Waals surface area (Å²) in [6.45, 7) is 4.97. The van der Waals surface area contributed by atoms with Crippen LogP contribution < -0.4 is 5.73 Å². The molecule has 0 amide bonds. The van der Waals surface area contributed by atoms with Gasteiger partial charge in [0.25, 0.3) is 0 Å². The summed E-state index contributed by atoms with van der Waals surface area (Å²) in [7, 11) is 0. The van der Waals surface area contributed by atoms with E-state index in [0.29, 0.717) is 12.4 Å². The summed E-state index contributed by atoms with van der Waals surface area (Å²) in [4.78, 5) is 13.7. The Morgan fingerprint density at radius 2 is 2.23 bits per heavy atom. The zero-order valence-corrected chi connectivity index (χ0v) is 12.8. The van der Waals surface area contributed by atoms with Crippen LogP contribution in [-0.4, -0.2) is 26.1 Å². The zero-order chi connectivity index (χ0) is 15.3. The number of pyridine rings is 2. The molecule has 0 radical (unpaired) electrons. The summed E-state index contributed by atoms with van der Waals surface area (Å²) in [6.07, 6.45) is 3.81. The van der Waals surface area contributed by atoms with Gasteiger partial charge >= 0.3 is 0 Å². The van der Waals surface area contributed by atoms with Crippen molar-refractivity contribution in [2.75, 3.05) is 12.3 Å². The molecule has 2 N–H and O–H groups in total. The SMILES string of the molecule is CCCC1OC[C@H](C)n2c1nc1c(N)nc3cccnc3c12. The molecule has 0 bridgehead atoms. The number of rotatable bonds is 2. The Bertz CT molecular complexity index is 856. The van der Waals surface area contributed by atoms with Crippen LogP contribution in [0.1, 0.15) is 44.7 Å². The minimum Gasteiger partial charge on any atom is -0.382 e. The van der Waals surface area contributed by atoms with Crippen LogP contribution >= 0.6 is 0 Å². The maximum atomic E-state index is 6.14.